The monoisotopic (exact) mass is 1150 g/mol. The van der Waals surface area contributed by atoms with Crippen LogP contribution in [0.25, 0.3) is 0 Å². The van der Waals surface area contributed by atoms with Crippen molar-refractivity contribution in [1.29, 1.82) is 0 Å². The van der Waals surface area contributed by atoms with E-state index in [1.54, 1.807) is 48.5 Å². The van der Waals surface area contributed by atoms with E-state index in [4.69, 9.17) is 0 Å². The van der Waals surface area contributed by atoms with Crippen molar-refractivity contribution in [1.82, 2.24) is 4.90 Å². The Morgan fingerprint density at radius 2 is 0.654 bits per heavy atom. The number of hydrogen-bond acceptors (Lipinski definition) is 10. The molecule has 0 N–H and O–H groups in total. The average Bonchev–Trinajstić information content (AvgIpc) is 3.29. The number of amides is 1. The molecule has 0 spiro atoms. The van der Waals surface area contributed by atoms with Gasteiger partial charge in [0.15, 0.2) is 11.6 Å². The molecule has 11 nitrogen and oxygen atoms in total. The van der Waals surface area contributed by atoms with E-state index in [0.29, 0.717) is 90.1 Å². The predicted molar refractivity (Wildman–Crippen MR) is 347 cm³/mol. The number of ketones is 9. The molecule has 0 unspecified atom stereocenters. The number of Topliss-reactive ketones (excluding diaryl/α,β-unsaturated/α-hetero) is 9. The van der Waals surface area contributed by atoms with Crippen molar-refractivity contribution in [3.63, 3.8) is 0 Å². The van der Waals surface area contributed by atoms with Gasteiger partial charge in [-0.25, -0.2) is 0 Å². The second kappa shape index (κ2) is 44.9. The van der Waals surface area contributed by atoms with Crippen molar-refractivity contribution in [2.45, 2.75) is 325 Å². The number of hydrogen-bond donors (Lipinski definition) is 0. The average molecular weight is 1150 g/mol. The van der Waals surface area contributed by atoms with E-state index in [1.807, 2.05) is 137 Å². The Morgan fingerprint density at radius 3 is 0.840 bits per heavy atom. The molecule has 0 aromatic rings. The second-order valence-corrected chi connectivity index (χ2v) is 30.9. The van der Waals surface area contributed by atoms with Crippen molar-refractivity contribution in [3.05, 3.63) is 0 Å². The zero-order chi connectivity index (χ0) is 67.1. The molecular formula is C70H137NO10. The lowest BCUT2D eigenvalue weighted by molar-refractivity contribution is -0.141. The molecular weight excluding hydrogens is 1010 g/mol. The first-order valence-corrected chi connectivity index (χ1v) is 30.8. The summed E-state index contributed by atoms with van der Waals surface area (Å²) in [5, 5.41) is 0. The first kappa shape index (κ1) is 93.9. The van der Waals surface area contributed by atoms with Gasteiger partial charge in [-0.3, -0.25) is 47.9 Å². The highest BCUT2D eigenvalue weighted by molar-refractivity contribution is 6.39. The molecule has 0 fully saturated rings. The molecule has 11 heteroatoms. The highest BCUT2D eigenvalue weighted by Crippen LogP contribution is 2.24. The molecule has 81 heavy (non-hydrogen) atoms. The topological polar surface area (TPSA) is 174 Å². The van der Waals surface area contributed by atoms with Gasteiger partial charge in [0, 0.05) is 104 Å². The van der Waals surface area contributed by atoms with Crippen LogP contribution in [0.3, 0.4) is 0 Å². The summed E-state index contributed by atoms with van der Waals surface area (Å²) >= 11 is 0. The lowest BCUT2D eigenvalue weighted by Gasteiger charge is -2.23. The van der Waals surface area contributed by atoms with Crippen LogP contribution in [-0.4, -0.2) is 76.4 Å². The molecule has 482 valence electrons. The van der Waals surface area contributed by atoms with Crippen molar-refractivity contribution in [3.8, 4) is 0 Å². The molecule has 0 aliphatic heterocycles. The first-order valence-electron chi connectivity index (χ1n) is 30.8. The van der Waals surface area contributed by atoms with Gasteiger partial charge in [0.05, 0.1) is 0 Å². The summed E-state index contributed by atoms with van der Waals surface area (Å²) in [5.74, 6) is 1.48. The SMILES string of the molecule is CC(C)C(=O)CCCC(C)(C)C.CC(C)CC(=O)C(=O)C(C)(C)C.CCC(=O)C(=O)C(C)(C)C.CCC(=O)C(C)(C)C.CCC(=O)C(C)(C)C.CCC(=O)C(C)(C)C.CCC(=O)CCCC(C)(C)C.CCC(=O)N(C)CCC(C)(C)C. The van der Waals surface area contributed by atoms with Crippen LogP contribution in [0.2, 0.25) is 0 Å². The third kappa shape index (κ3) is 68.9. The number of nitrogens with zero attached hydrogens (tertiary/aromatic N) is 1. The van der Waals surface area contributed by atoms with Crippen LogP contribution < -0.4 is 0 Å². The summed E-state index contributed by atoms with van der Waals surface area (Å²) in [4.78, 5) is 112. The van der Waals surface area contributed by atoms with Crippen LogP contribution in [0, 0.1) is 55.2 Å². The molecule has 0 bridgehead atoms. The summed E-state index contributed by atoms with van der Waals surface area (Å²) in [7, 11) is 1.87. The normalized spacial score (nSPS) is 11.6. The minimum Gasteiger partial charge on any atom is -0.346 e. The zero-order valence-corrected chi connectivity index (χ0v) is 60.3. The quantitative estimate of drug-likeness (QED) is 0.113. The van der Waals surface area contributed by atoms with Crippen LogP contribution in [0.4, 0.5) is 0 Å². The van der Waals surface area contributed by atoms with Crippen molar-refractivity contribution < 1.29 is 47.9 Å². The fourth-order valence-electron chi connectivity index (χ4n) is 6.02. The van der Waals surface area contributed by atoms with E-state index >= 15 is 0 Å². The van der Waals surface area contributed by atoms with E-state index in [9.17, 15) is 47.9 Å². The number of carbonyl (C=O) groups is 10. The third-order valence-corrected chi connectivity index (χ3v) is 12.0. The Balaban J connectivity index is -0.000000126. The van der Waals surface area contributed by atoms with Crippen LogP contribution >= 0.6 is 0 Å². The largest absolute Gasteiger partial charge is 0.346 e. The molecule has 0 radical (unpaired) electrons. The fourth-order valence-corrected chi connectivity index (χ4v) is 6.02. The molecule has 0 rings (SSSR count). The minimum absolute atomic E-state index is 0.130. The van der Waals surface area contributed by atoms with Gasteiger partial charge in [-0.2, -0.15) is 0 Å². The maximum Gasteiger partial charge on any atom is 0.222 e. The maximum atomic E-state index is 11.4. The Labute approximate surface area is 502 Å². The van der Waals surface area contributed by atoms with E-state index in [0.717, 1.165) is 51.5 Å². The highest BCUT2D eigenvalue weighted by atomic mass is 16.2. The first-order chi connectivity index (χ1) is 35.7. The number of rotatable bonds is 19. The molecule has 0 saturated carbocycles. The Hall–Kier alpha value is -3.50. The van der Waals surface area contributed by atoms with Crippen LogP contribution in [0.15, 0.2) is 0 Å². The van der Waals surface area contributed by atoms with Crippen molar-refractivity contribution in [2.24, 2.45) is 55.2 Å². The van der Waals surface area contributed by atoms with E-state index < -0.39 is 10.8 Å². The number of carbonyl (C=O) groups excluding carboxylic acids is 10. The van der Waals surface area contributed by atoms with Gasteiger partial charge in [0.1, 0.15) is 28.9 Å². The van der Waals surface area contributed by atoms with E-state index in [1.165, 1.54) is 0 Å². The summed E-state index contributed by atoms with van der Waals surface area (Å²) < 4.78 is 0. The zero-order valence-electron chi connectivity index (χ0n) is 60.3. The Morgan fingerprint density at radius 1 is 0.358 bits per heavy atom. The molecule has 1 amide bonds. The highest BCUT2D eigenvalue weighted by Gasteiger charge is 2.28. The molecule has 0 atom stereocenters. The standard InChI is InChI=1S/C11H22O.C10H21NO.C10H18O2.C10H20O.C8H14O2.3C7H14O/c1-9(2)10(12)7-6-8-11(3,4)5;1-6-9(12)11(5)8-7-10(2,3)4;1-7(2)6-8(11)9(12)10(3,4)5;1-5-9(11)7-6-8-10(2,3)4;1-5-6(9)7(10)8(2,3)4;3*1-5-6(8)7(2,3)4/h9H,6-8H2,1-5H3;6-8H2,1-5H3;7H,6H2,1-5H3;5-8H2,1-4H3;5H2,1-4H3;3*5H2,1-4H3. The molecule has 0 aromatic carbocycles. The van der Waals surface area contributed by atoms with Crippen LogP contribution in [-0.2, 0) is 47.9 Å². The molecule has 0 aliphatic carbocycles. The fraction of sp³-hybridized carbons (Fsp3) is 0.857. The molecule has 0 saturated heterocycles. The van der Waals surface area contributed by atoms with Gasteiger partial charge in [-0.15, -0.1) is 0 Å². The Bertz CT molecular complexity index is 1730. The van der Waals surface area contributed by atoms with Gasteiger partial charge >= 0.3 is 0 Å². The van der Waals surface area contributed by atoms with Crippen molar-refractivity contribution in [2.75, 3.05) is 13.6 Å². The van der Waals surface area contributed by atoms with Crippen LogP contribution in [0.1, 0.15) is 325 Å². The summed E-state index contributed by atoms with van der Waals surface area (Å²) in [6.07, 6.45) is 11.0. The molecule has 0 aromatic heterocycles. The van der Waals surface area contributed by atoms with Gasteiger partial charge in [0.25, 0.3) is 0 Å². The van der Waals surface area contributed by atoms with Crippen molar-refractivity contribution >= 4 is 58.0 Å². The molecule has 0 heterocycles. The second-order valence-electron chi connectivity index (χ2n) is 30.9. The van der Waals surface area contributed by atoms with E-state index in [2.05, 4.69) is 62.3 Å². The lowest BCUT2D eigenvalue weighted by Crippen LogP contribution is -2.29. The minimum atomic E-state index is -0.522. The maximum absolute atomic E-state index is 11.4. The van der Waals surface area contributed by atoms with Gasteiger partial charge < -0.3 is 4.90 Å². The summed E-state index contributed by atoms with van der Waals surface area (Å²) in [6, 6.07) is 0. The smallest absolute Gasteiger partial charge is 0.222 e. The van der Waals surface area contributed by atoms with Gasteiger partial charge in [0.2, 0.25) is 17.5 Å². The summed E-state index contributed by atoms with van der Waals surface area (Å²) in [5.41, 5.74) is -0.342. The molecule has 0 aliphatic rings. The Kier molecular flexibility index (Phi) is 52.1. The van der Waals surface area contributed by atoms with Gasteiger partial charge in [-0.1, -0.05) is 235 Å². The summed E-state index contributed by atoms with van der Waals surface area (Å²) in [6.45, 7) is 67.8. The van der Waals surface area contributed by atoms with E-state index in [-0.39, 0.29) is 57.1 Å². The van der Waals surface area contributed by atoms with Gasteiger partial charge in [-0.05, 0) is 54.3 Å². The third-order valence-electron chi connectivity index (χ3n) is 12.0. The predicted octanol–water partition coefficient (Wildman–Crippen LogP) is 18.7. The lowest BCUT2D eigenvalue weighted by atomic mass is 9.86. The van der Waals surface area contributed by atoms with Crippen LogP contribution in [0.5, 0.6) is 0 Å².